The number of amides is 1. The van der Waals surface area contributed by atoms with Crippen molar-refractivity contribution in [3.05, 3.63) is 72.9 Å². The molecule has 0 spiro atoms. The smallest absolute Gasteiger partial charge is 0.306 e. The number of esters is 1. The molecule has 8 unspecified atom stereocenters. The number of allylic oxidation sites excluding steroid dienone is 11. The molecule has 0 aromatic heterocycles. The van der Waals surface area contributed by atoms with Crippen molar-refractivity contribution in [2.75, 3.05) is 13.2 Å². The van der Waals surface area contributed by atoms with Crippen molar-refractivity contribution in [1.82, 2.24) is 5.32 Å². The SMILES string of the molecule is CC/C=C/C=C/C=C\C=C/C=C/CCCCC(O)C(=O)NC(COC1OC(CO)C(O)C(O)C1OC(=O)CCCCCCCCCCCCCCCCCCCCC)C(O)/C=C/CCCCCCCCCCCCC. The molecule has 0 aliphatic carbocycles. The molecule has 6 N–H and O–H groups in total. The van der Waals surface area contributed by atoms with Gasteiger partial charge in [-0.15, -0.1) is 0 Å². The standard InChI is InChI=1S/C64H113NO10/c1-4-7-10-13-16-19-22-25-27-28-29-30-31-34-37-40-43-46-49-52-59(69)75-62-61(71)60(70)58(53-66)74-64(62)73-54-55(56(67)50-47-44-41-38-35-32-24-21-18-15-12-9-6-3)65-63(72)57(68)51-48-45-42-39-36-33-26-23-20-17-14-11-8-5-2/h8,11,14,17,20,23,26,33,36,39,47,50,55-58,60-62,64,66-68,70-71H,4-7,9-10,12-13,15-16,18-19,21-22,24-25,27-32,34-35,37-38,40-46,48-49,51-54H2,1-3H3,(H,65,72)/b11-8+,17-14+,23-20-,33-26-,39-36+,50-47+. The molecule has 0 saturated carbocycles. The summed E-state index contributed by atoms with van der Waals surface area (Å²) in [4.78, 5) is 26.5. The molecular formula is C64H113NO10. The van der Waals surface area contributed by atoms with Crippen molar-refractivity contribution in [2.45, 2.75) is 307 Å². The molecule has 1 fully saturated rings. The van der Waals surface area contributed by atoms with Crippen molar-refractivity contribution >= 4 is 11.9 Å². The highest BCUT2D eigenvalue weighted by molar-refractivity contribution is 5.80. The third-order valence-electron chi connectivity index (χ3n) is 14.3. The highest BCUT2D eigenvalue weighted by atomic mass is 16.7. The Balaban J connectivity index is 2.71. The number of carbonyl (C=O) groups excluding carboxylic acids is 2. The summed E-state index contributed by atoms with van der Waals surface area (Å²) >= 11 is 0. The zero-order valence-corrected chi connectivity index (χ0v) is 47.9. The molecular weight excluding hydrogens is 943 g/mol. The van der Waals surface area contributed by atoms with E-state index < -0.39 is 67.4 Å². The minimum atomic E-state index is -1.62. The van der Waals surface area contributed by atoms with Crippen LogP contribution in [0.15, 0.2) is 72.9 Å². The largest absolute Gasteiger partial charge is 0.454 e. The maximum absolute atomic E-state index is 13.4. The Morgan fingerprint density at radius 3 is 1.44 bits per heavy atom. The lowest BCUT2D eigenvalue weighted by Gasteiger charge is -2.41. The molecule has 11 heteroatoms. The number of aliphatic hydroxyl groups is 5. The van der Waals surface area contributed by atoms with Crippen LogP contribution in [0.25, 0.3) is 0 Å². The van der Waals surface area contributed by atoms with Crippen molar-refractivity contribution in [3.63, 3.8) is 0 Å². The van der Waals surface area contributed by atoms with E-state index in [0.29, 0.717) is 12.8 Å². The second-order valence-corrected chi connectivity index (χ2v) is 21.2. The van der Waals surface area contributed by atoms with Gasteiger partial charge < -0.3 is 45.1 Å². The van der Waals surface area contributed by atoms with E-state index in [1.54, 1.807) is 6.08 Å². The van der Waals surface area contributed by atoms with Crippen LogP contribution in [0.1, 0.15) is 258 Å². The Labute approximate surface area is 458 Å². The van der Waals surface area contributed by atoms with Gasteiger partial charge in [-0.2, -0.15) is 0 Å². The number of nitrogens with one attached hydrogen (secondary N) is 1. The lowest BCUT2D eigenvalue weighted by atomic mass is 9.99. The summed E-state index contributed by atoms with van der Waals surface area (Å²) in [5.41, 5.74) is 0. The molecule has 434 valence electrons. The normalized spacial score (nSPS) is 19.7. The summed E-state index contributed by atoms with van der Waals surface area (Å²) in [6.45, 7) is 5.63. The summed E-state index contributed by atoms with van der Waals surface area (Å²) in [5, 5.41) is 56.9. The molecule has 75 heavy (non-hydrogen) atoms. The third-order valence-corrected chi connectivity index (χ3v) is 14.3. The third kappa shape index (κ3) is 40.0. The number of hydrogen-bond donors (Lipinski definition) is 6. The van der Waals surface area contributed by atoms with Gasteiger partial charge in [-0.3, -0.25) is 9.59 Å². The first-order chi connectivity index (χ1) is 36.7. The first-order valence-electron chi connectivity index (χ1n) is 30.8. The van der Waals surface area contributed by atoms with Gasteiger partial charge in [0, 0.05) is 6.42 Å². The maximum atomic E-state index is 13.4. The predicted molar refractivity (Wildman–Crippen MR) is 310 cm³/mol. The van der Waals surface area contributed by atoms with Gasteiger partial charge in [-0.05, 0) is 44.9 Å². The van der Waals surface area contributed by atoms with E-state index in [2.05, 4.69) is 32.2 Å². The topological polar surface area (TPSA) is 175 Å². The molecule has 0 aromatic rings. The summed E-state index contributed by atoms with van der Waals surface area (Å²) in [5.74, 6) is -1.23. The molecule has 8 atom stereocenters. The molecule has 1 aliphatic rings. The highest BCUT2D eigenvalue weighted by Gasteiger charge is 2.47. The Kier molecular flexibility index (Phi) is 48.5. The van der Waals surface area contributed by atoms with Gasteiger partial charge in [0.05, 0.1) is 25.4 Å². The van der Waals surface area contributed by atoms with Crippen LogP contribution >= 0.6 is 0 Å². The van der Waals surface area contributed by atoms with Gasteiger partial charge in [0.25, 0.3) is 0 Å². The zero-order valence-electron chi connectivity index (χ0n) is 47.9. The van der Waals surface area contributed by atoms with Crippen LogP contribution in [-0.2, 0) is 23.8 Å². The van der Waals surface area contributed by atoms with Crippen LogP contribution in [0, 0.1) is 0 Å². The highest BCUT2D eigenvalue weighted by Crippen LogP contribution is 2.26. The lowest BCUT2D eigenvalue weighted by Crippen LogP contribution is -2.61. The molecule has 0 bridgehead atoms. The molecule has 1 aliphatic heterocycles. The van der Waals surface area contributed by atoms with Crippen LogP contribution in [0.4, 0.5) is 0 Å². The summed E-state index contributed by atoms with van der Waals surface area (Å²) in [6, 6.07) is -1.05. The number of ether oxygens (including phenoxy) is 3. The van der Waals surface area contributed by atoms with Crippen LogP contribution < -0.4 is 5.32 Å². The average Bonchev–Trinajstić information content (AvgIpc) is 3.41. The number of aliphatic hydroxyl groups excluding tert-OH is 5. The van der Waals surface area contributed by atoms with Gasteiger partial charge in [-0.25, -0.2) is 0 Å². The number of unbranched alkanes of at least 4 members (excludes halogenated alkanes) is 31. The lowest BCUT2D eigenvalue weighted by molar-refractivity contribution is -0.305. The van der Waals surface area contributed by atoms with E-state index in [0.717, 1.165) is 57.8 Å². The number of rotatable bonds is 51. The summed E-state index contributed by atoms with van der Waals surface area (Å²) in [7, 11) is 0. The Bertz CT molecular complexity index is 1490. The Hall–Kier alpha value is -2.90. The summed E-state index contributed by atoms with van der Waals surface area (Å²) < 4.78 is 17.6. The van der Waals surface area contributed by atoms with E-state index in [1.165, 1.54) is 154 Å². The molecule has 0 aromatic carbocycles. The Morgan fingerprint density at radius 1 is 0.533 bits per heavy atom. The molecule has 1 heterocycles. The van der Waals surface area contributed by atoms with E-state index in [-0.39, 0.29) is 19.4 Å². The van der Waals surface area contributed by atoms with Gasteiger partial charge in [0.2, 0.25) is 5.91 Å². The predicted octanol–water partition coefficient (Wildman–Crippen LogP) is 14.4. The zero-order chi connectivity index (χ0) is 54.7. The second kappa shape index (κ2) is 51.8. The first kappa shape index (κ1) is 70.1. The van der Waals surface area contributed by atoms with Gasteiger partial charge in [0.1, 0.15) is 24.4 Å². The average molecular weight is 1060 g/mol. The fourth-order valence-electron chi connectivity index (χ4n) is 9.38. The maximum Gasteiger partial charge on any atom is 0.306 e. The van der Waals surface area contributed by atoms with E-state index in [1.807, 2.05) is 60.8 Å². The van der Waals surface area contributed by atoms with Crippen molar-refractivity contribution in [2.24, 2.45) is 0 Å². The molecule has 11 nitrogen and oxygen atoms in total. The minimum absolute atomic E-state index is 0.119. The molecule has 0 radical (unpaired) electrons. The van der Waals surface area contributed by atoms with Crippen LogP contribution in [0.3, 0.4) is 0 Å². The monoisotopic (exact) mass is 1060 g/mol. The van der Waals surface area contributed by atoms with Gasteiger partial charge in [-0.1, -0.05) is 280 Å². The quantitative estimate of drug-likeness (QED) is 0.0149. The Morgan fingerprint density at radius 2 is 0.960 bits per heavy atom. The van der Waals surface area contributed by atoms with Crippen molar-refractivity contribution in [1.29, 1.82) is 0 Å². The van der Waals surface area contributed by atoms with Crippen LogP contribution in [0.2, 0.25) is 0 Å². The van der Waals surface area contributed by atoms with E-state index in [9.17, 15) is 35.1 Å². The van der Waals surface area contributed by atoms with Gasteiger partial charge >= 0.3 is 5.97 Å². The number of hydrogen-bond acceptors (Lipinski definition) is 10. The first-order valence-corrected chi connectivity index (χ1v) is 30.8. The molecule has 1 saturated heterocycles. The van der Waals surface area contributed by atoms with Gasteiger partial charge in [0.15, 0.2) is 12.4 Å². The van der Waals surface area contributed by atoms with E-state index in [4.69, 9.17) is 14.2 Å². The second-order valence-electron chi connectivity index (χ2n) is 21.2. The number of carbonyl (C=O) groups is 2. The summed E-state index contributed by atoms with van der Waals surface area (Å²) in [6.07, 6.45) is 55.2. The fraction of sp³-hybridized carbons (Fsp3) is 0.781. The molecule has 1 rings (SSSR count). The minimum Gasteiger partial charge on any atom is -0.454 e. The van der Waals surface area contributed by atoms with E-state index >= 15 is 0 Å². The molecule has 1 amide bonds. The van der Waals surface area contributed by atoms with Crippen LogP contribution in [-0.4, -0.2) is 99.6 Å². The van der Waals surface area contributed by atoms with Crippen molar-refractivity contribution < 1.29 is 49.3 Å². The fourth-order valence-corrected chi connectivity index (χ4v) is 9.38. The van der Waals surface area contributed by atoms with Crippen molar-refractivity contribution in [3.8, 4) is 0 Å². The van der Waals surface area contributed by atoms with Crippen LogP contribution in [0.5, 0.6) is 0 Å².